The van der Waals surface area contributed by atoms with Gasteiger partial charge in [0.2, 0.25) is 5.82 Å². The Morgan fingerprint density at radius 1 is 1.43 bits per heavy atom. The summed E-state index contributed by atoms with van der Waals surface area (Å²) in [5, 5.41) is 9.10. The maximum Gasteiger partial charge on any atom is 0.449 e. The number of imidazole rings is 1. The van der Waals surface area contributed by atoms with Gasteiger partial charge in [-0.3, -0.25) is 0 Å². The number of hydrogen-bond donors (Lipinski definition) is 1. The summed E-state index contributed by atoms with van der Waals surface area (Å²) in [6, 6.07) is 4.19. The molecule has 1 aromatic heterocycles. The van der Waals surface area contributed by atoms with Gasteiger partial charge in [0.05, 0.1) is 11.1 Å². The van der Waals surface area contributed by atoms with E-state index >= 15 is 0 Å². The van der Waals surface area contributed by atoms with Crippen LogP contribution >= 0.6 is 0 Å². The van der Waals surface area contributed by atoms with Gasteiger partial charge in [-0.2, -0.15) is 13.2 Å². The van der Waals surface area contributed by atoms with Crippen LogP contribution in [-0.2, 0) is 12.7 Å². The van der Waals surface area contributed by atoms with Crippen LogP contribution in [0, 0.1) is 5.41 Å². The number of carboxylic acids is 1. The molecule has 1 fully saturated rings. The van der Waals surface area contributed by atoms with Crippen molar-refractivity contribution in [2.45, 2.75) is 32.5 Å². The molecule has 0 radical (unpaired) electrons. The van der Waals surface area contributed by atoms with E-state index < -0.39 is 18.0 Å². The molecule has 3 rings (SSSR count). The largest absolute Gasteiger partial charge is 0.478 e. The second-order valence-corrected chi connectivity index (χ2v) is 5.81. The first-order valence-corrected chi connectivity index (χ1v) is 6.51. The third-order valence-corrected chi connectivity index (χ3v) is 3.91. The highest BCUT2D eigenvalue weighted by Crippen LogP contribution is 2.48. The predicted molar refractivity (Wildman–Crippen MR) is 69.0 cm³/mol. The Balaban J connectivity index is 2.26. The van der Waals surface area contributed by atoms with E-state index in [4.69, 9.17) is 5.11 Å². The maximum absolute atomic E-state index is 13.2. The monoisotopic (exact) mass is 298 g/mol. The molecule has 1 aliphatic carbocycles. The summed E-state index contributed by atoms with van der Waals surface area (Å²) < 4.78 is 40.7. The Labute approximate surface area is 118 Å². The summed E-state index contributed by atoms with van der Waals surface area (Å²) in [5.74, 6) is -2.31. The van der Waals surface area contributed by atoms with Crippen molar-refractivity contribution in [1.29, 1.82) is 0 Å². The highest BCUT2D eigenvalue weighted by Gasteiger charge is 2.43. The zero-order chi connectivity index (χ0) is 15.4. The van der Waals surface area contributed by atoms with Gasteiger partial charge in [-0.25, -0.2) is 9.78 Å². The van der Waals surface area contributed by atoms with Crippen LogP contribution in [0.3, 0.4) is 0 Å². The summed E-state index contributed by atoms with van der Waals surface area (Å²) in [6.07, 6.45) is -2.88. The number of para-hydroxylation sites is 1. The number of alkyl halides is 3. The maximum atomic E-state index is 13.2. The molecule has 0 atom stereocenters. The second kappa shape index (κ2) is 4.22. The molecule has 0 amide bonds. The molecule has 0 aliphatic heterocycles. The first kappa shape index (κ1) is 13.9. The number of hydrogen-bond acceptors (Lipinski definition) is 2. The Hall–Kier alpha value is -2.05. The van der Waals surface area contributed by atoms with Crippen LogP contribution in [0.5, 0.6) is 0 Å². The number of carbonyl (C=O) groups is 1. The van der Waals surface area contributed by atoms with Crippen LogP contribution in [0.1, 0.15) is 35.9 Å². The fourth-order valence-corrected chi connectivity index (χ4v) is 2.45. The van der Waals surface area contributed by atoms with E-state index in [1.54, 1.807) is 0 Å². The topological polar surface area (TPSA) is 55.1 Å². The molecular formula is C14H13F3N2O2. The van der Waals surface area contributed by atoms with Crippen molar-refractivity contribution in [3.63, 3.8) is 0 Å². The molecule has 21 heavy (non-hydrogen) atoms. The molecule has 2 aromatic rings. The smallest absolute Gasteiger partial charge is 0.449 e. The summed E-state index contributed by atoms with van der Waals surface area (Å²) in [6.45, 7) is 2.11. The van der Waals surface area contributed by atoms with E-state index in [-0.39, 0.29) is 28.6 Å². The Morgan fingerprint density at radius 2 is 2.10 bits per heavy atom. The number of rotatable bonds is 3. The number of carboxylic acid groups (broad SMARTS) is 1. The van der Waals surface area contributed by atoms with Crippen molar-refractivity contribution >= 4 is 17.0 Å². The van der Waals surface area contributed by atoms with E-state index in [9.17, 15) is 18.0 Å². The number of aromatic nitrogens is 2. The van der Waals surface area contributed by atoms with Gasteiger partial charge < -0.3 is 9.67 Å². The number of fused-ring (bicyclic) bond motifs is 1. The Bertz CT molecular complexity index is 730. The number of halogens is 3. The molecule has 112 valence electrons. The highest BCUT2D eigenvalue weighted by molar-refractivity contribution is 6.01. The lowest BCUT2D eigenvalue weighted by molar-refractivity contribution is -0.147. The molecule has 1 aromatic carbocycles. The molecule has 1 saturated carbocycles. The summed E-state index contributed by atoms with van der Waals surface area (Å²) in [5.41, 5.74) is -0.262. The highest BCUT2D eigenvalue weighted by atomic mass is 19.4. The average Bonchev–Trinajstić information content (AvgIpc) is 2.97. The van der Waals surface area contributed by atoms with E-state index in [1.165, 1.54) is 18.2 Å². The van der Waals surface area contributed by atoms with Crippen LogP contribution in [0.25, 0.3) is 11.0 Å². The minimum atomic E-state index is -4.61. The molecule has 0 saturated heterocycles. The average molecular weight is 298 g/mol. The van der Waals surface area contributed by atoms with Gasteiger partial charge in [-0.15, -0.1) is 0 Å². The van der Waals surface area contributed by atoms with E-state index in [0.717, 1.165) is 17.4 Å². The minimum absolute atomic E-state index is 0.110. The predicted octanol–water partition coefficient (Wildman–Crippen LogP) is 3.55. The lowest BCUT2D eigenvalue weighted by Crippen LogP contribution is -2.18. The number of aromatic carboxylic acids is 1. The first-order chi connectivity index (χ1) is 9.71. The van der Waals surface area contributed by atoms with Crippen molar-refractivity contribution in [3.8, 4) is 0 Å². The minimum Gasteiger partial charge on any atom is -0.478 e. The quantitative estimate of drug-likeness (QED) is 0.942. The molecule has 7 heteroatoms. The zero-order valence-electron chi connectivity index (χ0n) is 11.2. The van der Waals surface area contributed by atoms with Crippen LogP contribution < -0.4 is 0 Å². The van der Waals surface area contributed by atoms with Gasteiger partial charge in [-0.1, -0.05) is 13.0 Å². The Morgan fingerprint density at radius 3 is 2.62 bits per heavy atom. The fourth-order valence-electron chi connectivity index (χ4n) is 2.45. The standard InChI is InChI=1S/C14H13F3N2O2/c1-13(5-6-13)7-19-9-4-2-3-8(11(20)21)10(9)18-12(19)14(15,16)17/h2-4H,5-7H2,1H3,(H,20,21). The van der Waals surface area contributed by atoms with Crippen LogP contribution in [0.2, 0.25) is 0 Å². The van der Waals surface area contributed by atoms with Crippen LogP contribution in [0.15, 0.2) is 18.2 Å². The van der Waals surface area contributed by atoms with Gasteiger partial charge in [0.1, 0.15) is 5.52 Å². The molecular weight excluding hydrogens is 285 g/mol. The lowest BCUT2D eigenvalue weighted by Gasteiger charge is -2.15. The number of benzene rings is 1. The van der Waals surface area contributed by atoms with E-state index in [2.05, 4.69) is 4.98 Å². The SMILES string of the molecule is CC1(Cn2c(C(F)(F)F)nc3c(C(=O)O)cccc32)CC1. The van der Waals surface area contributed by atoms with Crippen molar-refractivity contribution in [3.05, 3.63) is 29.6 Å². The molecule has 0 bridgehead atoms. The van der Waals surface area contributed by atoms with E-state index in [0.29, 0.717) is 0 Å². The van der Waals surface area contributed by atoms with Crippen molar-refractivity contribution in [1.82, 2.24) is 9.55 Å². The van der Waals surface area contributed by atoms with Gasteiger partial charge in [0, 0.05) is 6.54 Å². The second-order valence-electron chi connectivity index (χ2n) is 5.81. The third-order valence-electron chi connectivity index (χ3n) is 3.91. The van der Waals surface area contributed by atoms with Gasteiger partial charge in [-0.05, 0) is 30.4 Å². The molecule has 1 N–H and O–H groups in total. The molecule has 1 heterocycles. The summed E-state index contributed by atoms with van der Waals surface area (Å²) >= 11 is 0. The van der Waals surface area contributed by atoms with Gasteiger partial charge >= 0.3 is 12.1 Å². The van der Waals surface area contributed by atoms with Gasteiger partial charge in [0.25, 0.3) is 0 Å². The third kappa shape index (κ3) is 2.36. The molecule has 1 aliphatic rings. The first-order valence-electron chi connectivity index (χ1n) is 6.51. The summed E-state index contributed by atoms with van der Waals surface area (Å²) in [4.78, 5) is 14.7. The molecule has 0 unspecified atom stereocenters. The summed E-state index contributed by atoms with van der Waals surface area (Å²) in [7, 11) is 0. The van der Waals surface area contributed by atoms with Crippen molar-refractivity contribution in [2.24, 2.45) is 5.41 Å². The van der Waals surface area contributed by atoms with Crippen LogP contribution in [-0.4, -0.2) is 20.6 Å². The lowest BCUT2D eigenvalue weighted by atomic mass is 10.1. The van der Waals surface area contributed by atoms with Crippen molar-refractivity contribution < 1.29 is 23.1 Å². The zero-order valence-corrected chi connectivity index (χ0v) is 11.2. The normalized spacial score (nSPS) is 17.1. The van der Waals surface area contributed by atoms with Crippen LogP contribution in [0.4, 0.5) is 13.2 Å². The fraction of sp³-hybridized carbons (Fsp3) is 0.429. The molecule has 4 nitrogen and oxygen atoms in total. The van der Waals surface area contributed by atoms with Gasteiger partial charge in [0.15, 0.2) is 0 Å². The van der Waals surface area contributed by atoms with E-state index in [1.807, 2.05) is 6.92 Å². The van der Waals surface area contributed by atoms with Crippen molar-refractivity contribution in [2.75, 3.05) is 0 Å². The molecule has 0 spiro atoms. The Kier molecular flexibility index (Phi) is 2.80. The number of nitrogens with zero attached hydrogens (tertiary/aromatic N) is 2.